The molecule has 0 saturated heterocycles. The lowest BCUT2D eigenvalue weighted by Gasteiger charge is -2.14. The van der Waals surface area contributed by atoms with Crippen LogP contribution in [-0.2, 0) is 19.7 Å². The number of ether oxygens (including phenoxy) is 2. The molecule has 1 N–H and O–H groups in total. The van der Waals surface area contributed by atoms with Gasteiger partial charge < -0.3 is 14.8 Å². The molecule has 0 radical (unpaired) electrons. The van der Waals surface area contributed by atoms with Crippen LogP contribution < -0.4 is 14.8 Å². The molecule has 2 aromatic carbocycles. The van der Waals surface area contributed by atoms with Crippen molar-refractivity contribution in [2.75, 3.05) is 6.61 Å². The summed E-state index contributed by atoms with van der Waals surface area (Å²) < 4.78 is 11.7. The first-order valence-electron chi connectivity index (χ1n) is 8.50. The van der Waals surface area contributed by atoms with Crippen LogP contribution in [0.2, 0.25) is 0 Å². The van der Waals surface area contributed by atoms with Crippen molar-refractivity contribution in [3.63, 3.8) is 0 Å². The second-order valence-corrected chi connectivity index (χ2v) is 6.70. The molecule has 0 aliphatic heterocycles. The summed E-state index contributed by atoms with van der Waals surface area (Å²) in [4.78, 5) is 1.34. The van der Waals surface area contributed by atoms with Gasteiger partial charge in [-0.1, -0.05) is 42.5 Å². The molecule has 3 aromatic rings. The fourth-order valence-electron chi connectivity index (χ4n) is 2.53. The van der Waals surface area contributed by atoms with Gasteiger partial charge in [0.25, 0.3) is 0 Å². The summed E-state index contributed by atoms with van der Waals surface area (Å²) in [6, 6.07) is 20.5. The molecular formula is C21H24ClNO2S. The van der Waals surface area contributed by atoms with E-state index >= 15 is 0 Å². The Labute approximate surface area is 165 Å². The molecule has 0 aliphatic carbocycles. The Hall–Kier alpha value is -2.01. The van der Waals surface area contributed by atoms with E-state index in [1.54, 1.807) is 11.3 Å². The molecule has 0 atom stereocenters. The Morgan fingerprint density at radius 1 is 0.846 bits per heavy atom. The first-order valence-corrected chi connectivity index (χ1v) is 9.38. The van der Waals surface area contributed by atoms with Gasteiger partial charge in [-0.15, -0.1) is 23.7 Å². The summed E-state index contributed by atoms with van der Waals surface area (Å²) in [6.45, 7) is 4.83. The van der Waals surface area contributed by atoms with Crippen molar-refractivity contribution >= 4 is 23.7 Å². The zero-order chi connectivity index (χ0) is 17.3. The summed E-state index contributed by atoms with van der Waals surface area (Å²) in [6.07, 6.45) is 0. The predicted octanol–water partition coefficient (Wildman–Crippen LogP) is 5.44. The van der Waals surface area contributed by atoms with Crippen molar-refractivity contribution in [1.29, 1.82) is 0 Å². The molecular weight excluding hydrogens is 366 g/mol. The molecule has 0 amide bonds. The van der Waals surface area contributed by atoms with E-state index in [9.17, 15) is 0 Å². The molecule has 0 fully saturated rings. The Morgan fingerprint density at radius 2 is 1.69 bits per heavy atom. The summed E-state index contributed by atoms with van der Waals surface area (Å²) >= 11 is 1.77. The average Bonchev–Trinajstić information content (AvgIpc) is 3.16. The number of benzene rings is 2. The Bertz CT molecular complexity index is 763. The van der Waals surface area contributed by atoms with E-state index in [0.717, 1.165) is 30.2 Å². The van der Waals surface area contributed by atoms with Crippen molar-refractivity contribution in [3.8, 4) is 11.5 Å². The Morgan fingerprint density at radius 3 is 2.42 bits per heavy atom. The zero-order valence-electron chi connectivity index (χ0n) is 14.8. The van der Waals surface area contributed by atoms with Gasteiger partial charge in [0.1, 0.15) is 6.61 Å². The van der Waals surface area contributed by atoms with Crippen molar-refractivity contribution in [3.05, 3.63) is 82.0 Å². The van der Waals surface area contributed by atoms with Crippen LogP contribution in [0.5, 0.6) is 11.5 Å². The van der Waals surface area contributed by atoms with Crippen molar-refractivity contribution in [1.82, 2.24) is 5.32 Å². The van der Waals surface area contributed by atoms with E-state index < -0.39 is 0 Å². The molecule has 0 unspecified atom stereocenters. The van der Waals surface area contributed by atoms with Crippen LogP contribution in [0.25, 0.3) is 0 Å². The second kappa shape index (κ2) is 10.9. The average molecular weight is 390 g/mol. The van der Waals surface area contributed by atoms with E-state index in [1.807, 2.05) is 31.2 Å². The van der Waals surface area contributed by atoms with Crippen LogP contribution in [0.3, 0.4) is 0 Å². The minimum absolute atomic E-state index is 0. The number of halogens is 1. The third kappa shape index (κ3) is 6.06. The van der Waals surface area contributed by atoms with Crippen molar-refractivity contribution in [2.24, 2.45) is 0 Å². The largest absolute Gasteiger partial charge is 0.490 e. The highest BCUT2D eigenvalue weighted by Gasteiger charge is 2.07. The maximum absolute atomic E-state index is 5.95. The summed E-state index contributed by atoms with van der Waals surface area (Å²) in [7, 11) is 0. The van der Waals surface area contributed by atoms with Gasteiger partial charge in [-0.05, 0) is 41.6 Å². The van der Waals surface area contributed by atoms with Crippen LogP contribution in [0.15, 0.2) is 66.0 Å². The molecule has 3 nitrogen and oxygen atoms in total. The van der Waals surface area contributed by atoms with Crippen LogP contribution in [0.1, 0.15) is 22.9 Å². The van der Waals surface area contributed by atoms with E-state index in [1.165, 1.54) is 10.4 Å². The molecule has 0 saturated carbocycles. The van der Waals surface area contributed by atoms with Crippen molar-refractivity contribution in [2.45, 2.75) is 26.6 Å². The zero-order valence-corrected chi connectivity index (χ0v) is 16.4. The topological polar surface area (TPSA) is 30.5 Å². The highest BCUT2D eigenvalue weighted by atomic mass is 35.5. The SMILES string of the molecule is CCOc1cc(CNCc2cccs2)ccc1OCc1ccccc1.Cl. The molecule has 0 aliphatic rings. The van der Waals surface area contributed by atoms with E-state index in [-0.39, 0.29) is 12.4 Å². The van der Waals surface area contributed by atoms with Gasteiger partial charge in [-0.25, -0.2) is 0 Å². The summed E-state index contributed by atoms with van der Waals surface area (Å²) in [5.41, 5.74) is 2.33. The molecule has 0 spiro atoms. The maximum Gasteiger partial charge on any atom is 0.161 e. The first kappa shape index (κ1) is 20.3. The van der Waals surface area contributed by atoms with Crippen LogP contribution in [-0.4, -0.2) is 6.61 Å². The van der Waals surface area contributed by atoms with Gasteiger partial charge in [-0.3, -0.25) is 0 Å². The number of hydrogen-bond donors (Lipinski definition) is 1. The maximum atomic E-state index is 5.95. The van der Waals surface area contributed by atoms with Gasteiger partial charge in [-0.2, -0.15) is 0 Å². The molecule has 5 heteroatoms. The Kier molecular flexibility index (Phi) is 8.48. The first-order chi connectivity index (χ1) is 12.3. The number of thiophene rings is 1. The lowest BCUT2D eigenvalue weighted by Crippen LogP contribution is -2.12. The van der Waals surface area contributed by atoms with Gasteiger partial charge in [0.15, 0.2) is 11.5 Å². The summed E-state index contributed by atoms with van der Waals surface area (Å²) in [5, 5.41) is 5.57. The quantitative estimate of drug-likeness (QED) is 0.528. The van der Waals surface area contributed by atoms with Crippen LogP contribution >= 0.6 is 23.7 Å². The van der Waals surface area contributed by atoms with E-state index in [4.69, 9.17) is 9.47 Å². The standard InChI is InChI=1S/C21H23NO2S.ClH/c1-2-23-21-13-18(14-22-15-19-9-6-12-25-19)10-11-20(21)24-16-17-7-4-3-5-8-17;/h3-13,22H,2,14-16H2,1H3;1H. The number of rotatable bonds is 9. The predicted molar refractivity (Wildman–Crippen MR) is 110 cm³/mol. The molecule has 0 bridgehead atoms. The summed E-state index contributed by atoms with van der Waals surface area (Å²) in [5.74, 6) is 1.58. The third-order valence-electron chi connectivity index (χ3n) is 3.75. The van der Waals surface area contributed by atoms with Crippen LogP contribution in [0.4, 0.5) is 0 Å². The highest BCUT2D eigenvalue weighted by Crippen LogP contribution is 2.29. The van der Waals surface area contributed by atoms with Gasteiger partial charge >= 0.3 is 0 Å². The number of nitrogens with one attached hydrogen (secondary N) is 1. The van der Waals surface area contributed by atoms with E-state index in [2.05, 4.69) is 47.1 Å². The minimum Gasteiger partial charge on any atom is -0.490 e. The molecule has 3 rings (SSSR count). The lowest BCUT2D eigenvalue weighted by atomic mass is 10.2. The molecule has 1 heterocycles. The van der Waals surface area contributed by atoms with Gasteiger partial charge in [0.2, 0.25) is 0 Å². The minimum atomic E-state index is 0. The van der Waals surface area contributed by atoms with Crippen molar-refractivity contribution < 1.29 is 9.47 Å². The molecule has 1 aromatic heterocycles. The third-order valence-corrected chi connectivity index (χ3v) is 4.63. The smallest absolute Gasteiger partial charge is 0.161 e. The van der Waals surface area contributed by atoms with Gasteiger partial charge in [0.05, 0.1) is 6.61 Å². The lowest BCUT2D eigenvalue weighted by molar-refractivity contribution is 0.269. The Balaban J connectivity index is 0.00000243. The van der Waals surface area contributed by atoms with Crippen LogP contribution in [0, 0.1) is 0 Å². The fraction of sp³-hybridized carbons (Fsp3) is 0.238. The molecule has 138 valence electrons. The monoisotopic (exact) mass is 389 g/mol. The molecule has 26 heavy (non-hydrogen) atoms. The van der Waals surface area contributed by atoms with E-state index in [0.29, 0.717) is 13.2 Å². The van der Waals surface area contributed by atoms with Gasteiger partial charge in [0, 0.05) is 18.0 Å². The second-order valence-electron chi connectivity index (χ2n) is 5.67. The number of hydrogen-bond acceptors (Lipinski definition) is 4. The normalized spacial score (nSPS) is 10.2. The fourth-order valence-corrected chi connectivity index (χ4v) is 3.20. The highest BCUT2D eigenvalue weighted by molar-refractivity contribution is 7.09.